The van der Waals surface area contributed by atoms with Crippen molar-refractivity contribution in [2.24, 2.45) is 0 Å². The molecule has 0 saturated heterocycles. The molecular weight excluding hydrogens is 322 g/mol. The zero-order valence-corrected chi connectivity index (χ0v) is 14.3. The Kier molecular flexibility index (Phi) is 5.28. The van der Waals surface area contributed by atoms with E-state index in [0.717, 1.165) is 11.5 Å². The number of amides is 1. The van der Waals surface area contributed by atoms with E-state index < -0.39 is 0 Å². The van der Waals surface area contributed by atoms with Gasteiger partial charge in [0, 0.05) is 24.6 Å². The van der Waals surface area contributed by atoms with Gasteiger partial charge in [0.2, 0.25) is 0 Å². The van der Waals surface area contributed by atoms with Crippen molar-refractivity contribution in [2.45, 2.75) is 12.5 Å². The average Bonchev–Trinajstić information content (AvgIpc) is 2.67. The number of methoxy groups -OCH3 is 2. The molecule has 1 unspecified atom stereocenters. The summed E-state index contributed by atoms with van der Waals surface area (Å²) >= 11 is 0. The summed E-state index contributed by atoms with van der Waals surface area (Å²) < 4.78 is 21.9. The fourth-order valence-corrected chi connectivity index (χ4v) is 2.59. The number of ether oxygens (including phenoxy) is 4. The molecule has 0 aliphatic carbocycles. The van der Waals surface area contributed by atoms with Crippen molar-refractivity contribution in [3.63, 3.8) is 0 Å². The second-order valence-corrected chi connectivity index (χ2v) is 5.64. The number of para-hydroxylation sites is 2. The van der Waals surface area contributed by atoms with Gasteiger partial charge in [-0.1, -0.05) is 12.1 Å². The van der Waals surface area contributed by atoms with Crippen molar-refractivity contribution in [3.8, 4) is 23.0 Å². The van der Waals surface area contributed by atoms with E-state index in [9.17, 15) is 4.79 Å². The highest BCUT2D eigenvalue weighted by Crippen LogP contribution is 2.31. The summed E-state index contributed by atoms with van der Waals surface area (Å²) in [5, 5.41) is 2.89. The average molecular weight is 343 g/mol. The Morgan fingerprint density at radius 2 is 1.80 bits per heavy atom. The zero-order chi connectivity index (χ0) is 17.6. The molecule has 2 aromatic rings. The van der Waals surface area contributed by atoms with Crippen molar-refractivity contribution in [1.29, 1.82) is 0 Å². The quantitative estimate of drug-likeness (QED) is 0.873. The number of hydrogen-bond acceptors (Lipinski definition) is 5. The Bertz CT molecular complexity index is 724. The predicted octanol–water partition coefficient (Wildman–Crippen LogP) is 2.66. The number of carbonyl (C=O) groups is 1. The highest BCUT2D eigenvalue weighted by atomic mass is 16.6. The summed E-state index contributed by atoms with van der Waals surface area (Å²) in [7, 11) is 3.10. The van der Waals surface area contributed by atoms with Gasteiger partial charge >= 0.3 is 0 Å². The fraction of sp³-hybridized carbons (Fsp3) is 0.316. The van der Waals surface area contributed by atoms with Crippen LogP contribution in [0.1, 0.15) is 16.8 Å². The van der Waals surface area contributed by atoms with E-state index in [-0.39, 0.29) is 12.0 Å². The van der Waals surface area contributed by atoms with Gasteiger partial charge in [0.15, 0.2) is 11.5 Å². The molecule has 25 heavy (non-hydrogen) atoms. The van der Waals surface area contributed by atoms with Crippen molar-refractivity contribution in [1.82, 2.24) is 5.32 Å². The Balaban J connectivity index is 1.53. The van der Waals surface area contributed by atoms with E-state index in [1.165, 1.54) is 0 Å². The fourth-order valence-electron chi connectivity index (χ4n) is 2.59. The molecule has 0 saturated carbocycles. The van der Waals surface area contributed by atoms with Crippen molar-refractivity contribution in [2.75, 3.05) is 27.4 Å². The Morgan fingerprint density at radius 1 is 1.12 bits per heavy atom. The van der Waals surface area contributed by atoms with E-state index in [1.807, 2.05) is 24.3 Å². The first-order valence-electron chi connectivity index (χ1n) is 8.09. The van der Waals surface area contributed by atoms with Crippen LogP contribution in [0.4, 0.5) is 0 Å². The van der Waals surface area contributed by atoms with Gasteiger partial charge in [-0.15, -0.1) is 0 Å². The summed E-state index contributed by atoms with van der Waals surface area (Å²) in [5.41, 5.74) is 0.488. The minimum atomic E-state index is -0.186. The Hall–Kier alpha value is -2.89. The number of carbonyl (C=O) groups excluding carboxylic acids is 1. The molecule has 1 N–H and O–H groups in total. The van der Waals surface area contributed by atoms with E-state index in [4.69, 9.17) is 18.9 Å². The second-order valence-electron chi connectivity index (χ2n) is 5.64. The molecule has 1 atom stereocenters. The molecule has 2 aromatic carbocycles. The van der Waals surface area contributed by atoms with Gasteiger partial charge in [-0.3, -0.25) is 4.79 Å². The summed E-state index contributed by atoms with van der Waals surface area (Å²) in [5.74, 6) is 2.46. The van der Waals surface area contributed by atoms with Gasteiger partial charge in [-0.25, -0.2) is 0 Å². The van der Waals surface area contributed by atoms with Gasteiger partial charge < -0.3 is 24.3 Å². The first-order chi connectivity index (χ1) is 12.2. The van der Waals surface area contributed by atoms with E-state index >= 15 is 0 Å². The number of fused-ring (bicyclic) bond motifs is 1. The minimum absolute atomic E-state index is 0.0879. The molecule has 3 rings (SSSR count). The van der Waals surface area contributed by atoms with Gasteiger partial charge in [0.05, 0.1) is 14.2 Å². The van der Waals surface area contributed by atoms with Crippen LogP contribution in [0.15, 0.2) is 42.5 Å². The Labute approximate surface area is 146 Å². The number of rotatable bonds is 6. The molecule has 0 bridgehead atoms. The van der Waals surface area contributed by atoms with Crippen LogP contribution >= 0.6 is 0 Å². The maximum Gasteiger partial charge on any atom is 0.251 e. The molecule has 1 amide bonds. The van der Waals surface area contributed by atoms with E-state index in [1.54, 1.807) is 32.4 Å². The van der Waals surface area contributed by atoms with Gasteiger partial charge in [-0.05, 0) is 24.3 Å². The SMILES string of the molecule is COc1cc(OC)cc(C(=O)NCCC2COc3ccccc3O2)c1. The zero-order valence-electron chi connectivity index (χ0n) is 14.3. The highest BCUT2D eigenvalue weighted by Gasteiger charge is 2.20. The minimum Gasteiger partial charge on any atom is -0.497 e. The molecule has 6 heteroatoms. The van der Waals surface area contributed by atoms with Gasteiger partial charge in [-0.2, -0.15) is 0 Å². The van der Waals surface area contributed by atoms with Crippen LogP contribution in [0.3, 0.4) is 0 Å². The van der Waals surface area contributed by atoms with Crippen molar-refractivity contribution in [3.05, 3.63) is 48.0 Å². The van der Waals surface area contributed by atoms with Crippen LogP contribution in [0, 0.1) is 0 Å². The summed E-state index contributed by atoms with van der Waals surface area (Å²) in [6, 6.07) is 12.6. The molecule has 0 fully saturated rings. The molecule has 6 nitrogen and oxygen atoms in total. The van der Waals surface area contributed by atoms with E-state index in [0.29, 0.717) is 36.6 Å². The van der Waals surface area contributed by atoms with Crippen LogP contribution in [0.5, 0.6) is 23.0 Å². The lowest BCUT2D eigenvalue weighted by atomic mass is 10.1. The Morgan fingerprint density at radius 3 is 2.48 bits per heavy atom. The smallest absolute Gasteiger partial charge is 0.251 e. The maximum atomic E-state index is 12.3. The lowest BCUT2D eigenvalue weighted by Crippen LogP contribution is -2.34. The van der Waals surface area contributed by atoms with Gasteiger partial charge in [0.25, 0.3) is 5.91 Å². The largest absolute Gasteiger partial charge is 0.497 e. The first kappa shape index (κ1) is 17.0. The van der Waals surface area contributed by atoms with Gasteiger partial charge in [0.1, 0.15) is 24.2 Å². The standard InChI is InChI=1S/C19H21NO5/c1-22-15-9-13(10-16(11-15)23-2)19(21)20-8-7-14-12-24-17-5-3-4-6-18(17)25-14/h3-6,9-11,14H,7-8,12H2,1-2H3,(H,20,21). The first-order valence-corrected chi connectivity index (χ1v) is 8.09. The third-order valence-electron chi connectivity index (χ3n) is 3.93. The molecule has 132 valence electrons. The lowest BCUT2D eigenvalue weighted by molar-refractivity contribution is 0.0812. The molecule has 0 aromatic heterocycles. The van der Waals surface area contributed by atoms with Crippen LogP contribution in [0.2, 0.25) is 0 Å². The summed E-state index contributed by atoms with van der Waals surface area (Å²) in [6.45, 7) is 0.953. The molecule has 0 spiro atoms. The lowest BCUT2D eigenvalue weighted by Gasteiger charge is -2.26. The van der Waals surface area contributed by atoms with Crippen LogP contribution in [-0.4, -0.2) is 39.4 Å². The number of benzene rings is 2. The summed E-state index contributed by atoms with van der Waals surface area (Å²) in [4.78, 5) is 12.3. The number of nitrogens with one attached hydrogen (secondary N) is 1. The molecule has 1 heterocycles. The number of hydrogen-bond donors (Lipinski definition) is 1. The molecule has 0 radical (unpaired) electrons. The second kappa shape index (κ2) is 7.79. The van der Waals surface area contributed by atoms with Crippen molar-refractivity contribution >= 4 is 5.91 Å². The maximum absolute atomic E-state index is 12.3. The normalized spacial score (nSPS) is 15.4. The summed E-state index contributed by atoms with van der Waals surface area (Å²) in [6.07, 6.45) is 0.566. The van der Waals surface area contributed by atoms with Crippen LogP contribution in [-0.2, 0) is 0 Å². The molecular formula is C19H21NO5. The molecule has 1 aliphatic rings. The highest BCUT2D eigenvalue weighted by molar-refractivity contribution is 5.95. The monoisotopic (exact) mass is 343 g/mol. The topological polar surface area (TPSA) is 66.0 Å². The predicted molar refractivity (Wildman–Crippen MR) is 92.8 cm³/mol. The third-order valence-corrected chi connectivity index (χ3v) is 3.93. The van der Waals surface area contributed by atoms with Crippen LogP contribution < -0.4 is 24.3 Å². The molecule has 1 aliphatic heterocycles. The third kappa shape index (κ3) is 4.15. The van der Waals surface area contributed by atoms with Crippen molar-refractivity contribution < 1.29 is 23.7 Å². The van der Waals surface area contributed by atoms with E-state index in [2.05, 4.69) is 5.32 Å². The van der Waals surface area contributed by atoms with Crippen LogP contribution in [0.25, 0.3) is 0 Å².